The molecule has 0 bridgehead atoms. The van der Waals surface area contributed by atoms with Gasteiger partial charge < -0.3 is 9.15 Å². The molecular formula is C17H12BrNO5. The molecule has 0 fully saturated rings. The zero-order valence-electron chi connectivity index (χ0n) is 12.4. The van der Waals surface area contributed by atoms with E-state index in [1.807, 2.05) is 0 Å². The van der Waals surface area contributed by atoms with Crippen LogP contribution in [-0.2, 0) is 9.53 Å². The fraction of sp³-hybridized carbons (Fsp3) is 0.118. The average Bonchev–Trinajstić information content (AvgIpc) is 3.10. The molecule has 1 aromatic carbocycles. The molecular weight excluding hydrogens is 378 g/mol. The van der Waals surface area contributed by atoms with Gasteiger partial charge in [-0.3, -0.25) is 14.5 Å². The highest BCUT2D eigenvalue weighted by Crippen LogP contribution is 2.21. The second-order valence-electron chi connectivity index (χ2n) is 4.95. The van der Waals surface area contributed by atoms with Crippen molar-refractivity contribution in [3.63, 3.8) is 0 Å². The van der Waals surface area contributed by atoms with Crippen molar-refractivity contribution in [2.75, 3.05) is 13.2 Å². The first kappa shape index (κ1) is 16.2. The molecule has 1 aliphatic rings. The number of nitrogens with zero attached hydrogens (tertiary/aromatic N) is 1. The third-order valence-corrected chi connectivity index (χ3v) is 3.84. The van der Waals surface area contributed by atoms with Gasteiger partial charge in [0.25, 0.3) is 11.8 Å². The van der Waals surface area contributed by atoms with Crippen LogP contribution in [0.5, 0.6) is 0 Å². The van der Waals surface area contributed by atoms with Gasteiger partial charge in [-0.25, -0.2) is 4.79 Å². The molecule has 24 heavy (non-hydrogen) atoms. The fourth-order valence-electron chi connectivity index (χ4n) is 2.30. The lowest BCUT2D eigenvalue weighted by Crippen LogP contribution is -2.33. The molecule has 0 N–H and O–H groups in total. The van der Waals surface area contributed by atoms with E-state index in [4.69, 9.17) is 9.15 Å². The molecule has 122 valence electrons. The van der Waals surface area contributed by atoms with Crippen molar-refractivity contribution in [2.24, 2.45) is 0 Å². The summed E-state index contributed by atoms with van der Waals surface area (Å²) < 4.78 is 10.8. The minimum atomic E-state index is -0.584. The SMILES string of the molecule is O=C(C=Cc1ccc(Br)o1)OCCN1C(=O)c2ccccc2C1=O. The van der Waals surface area contributed by atoms with E-state index >= 15 is 0 Å². The van der Waals surface area contributed by atoms with Gasteiger partial charge in [-0.2, -0.15) is 0 Å². The molecule has 0 saturated heterocycles. The van der Waals surface area contributed by atoms with Gasteiger partial charge >= 0.3 is 5.97 Å². The lowest BCUT2D eigenvalue weighted by Gasteiger charge is -2.13. The van der Waals surface area contributed by atoms with Gasteiger partial charge in [0.1, 0.15) is 12.4 Å². The maximum atomic E-state index is 12.1. The monoisotopic (exact) mass is 389 g/mol. The highest BCUT2D eigenvalue weighted by molar-refractivity contribution is 9.10. The van der Waals surface area contributed by atoms with E-state index < -0.39 is 5.97 Å². The van der Waals surface area contributed by atoms with E-state index in [1.165, 1.54) is 12.2 Å². The van der Waals surface area contributed by atoms with Crippen LogP contribution in [0, 0.1) is 0 Å². The van der Waals surface area contributed by atoms with Crippen LogP contribution in [0.4, 0.5) is 0 Å². The summed E-state index contributed by atoms with van der Waals surface area (Å²) in [5.74, 6) is -0.830. The topological polar surface area (TPSA) is 76.8 Å². The fourth-order valence-corrected chi connectivity index (χ4v) is 2.61. The van der Waals surface area contributed by atoms with Gasteiger partial charge in [-0.15, -0.1) is 0 Å². The van der Waals surface area contributed by atoms with Crippen molar-refractivity contribution >= 4 is 39.8 Å². The van der Waals surface area contributed by atoms with Gasteiger partial charge in [-0.1, -0.05) is 12.1 Å². The quantitative estimate of drug-likeness (QED) is 0.446. The van der Waals surface area contributed by atoms with E-state index in [2.05, 4.69) is 15.9 Å². The van der Waals surface area contributed by atoms with E-state index in [9.17, 15) is 14.4 Å². The summed E-state index contributed by atoms with van der Waals surface area (Å²) >= 11 is 3.16. The lowest BCUT2D eigenvalue weighted by atomic mass is 10.1. The van der Waals surface area contributed by atoms with E-state index in [1.54, 1.807) is 36.4 Å². The van der Waals surface area contributed by atoms with Gasteiger partial charge in [0.2, 0.25) is 0 Å². The largest absolute Gasteiger partial charge is 0.461 e. The highest BCUT2D eigenvalue weighted by atomic mass is 79.9. The summed E-state index contributed by atoms with van der Waals surface area (Å²) in [5.41, 5.74) is 0.745. The van der Waals surface area contributed by atoms with Crippen molar-refractivity contribution < 1.29 is 23.5 Å². The van der Waals surface area contributed by atoms with Gasteiger partial charge in [0, 0.05) is 6.08 Å². The lowest BCUT2D eigenvalue weighted by molar-refractivity contribution is -0.137. The van der Waals surface area contributed by atoms with Crippen molar-refractivity contribution in [2.45, 2.75) is 0 Å². The molecule has 2 aromatic rings. The van der Waals surface area contributed by atoms with E-state index in [0.29, 0.717) is 21.6 Å². The Kier molecular flexibility index (Phi) is 4.61. The summed E-state index contributed by atoms with van der Waals surface area (Å²) in [6.45, 7) is -0.0608. The summed E-state index contributed by atoms with van der Waals surface area (Å²) in [6, 6.07) is 9.99. The Hall–Kier alpha value is -2.67. The molecule has 3 rings (SSSR count). The third-order valence-electron chi connectivity index (χ3n) is 3.42. The molecule has 0 atom stereocenters. The Balaban J connectivity index is 1.52. The summed E-state index contributed by atoms with van der Waals surface area (Å²) in [7, 11) is 0. The Morgan fingerprint density at radius 1 is 1.12 bits per heavy atom. The Morgan fingerprint density at radius 2 is 1.79 bits per heavy atom. The number of esters is 1. The first-order chi connectivity index (χ1) is 11.6. The predicted molar refractivity (Wildman–Crippen MR) is 88.2 cm³/mol. The number of hydrogen-bond acceptors (Lipinski definition) is 5. The van der Waals surface area contributed by atoms with E-state index in [0.717, 1.165) is 4.90 Å². The predicted octanol–water partition coefficient (Wildman–Crippen LogP) is 2.89. The van der Waals surface area contributed by atoms with Gasteiger partial charge in [0.15, 0.2) is 4.67 Å². The number of imide groups is 1. The normalized spacial score (nSPS) is 13.6. The van der Waals surface area contributed by atoms with Crippen LogP contribution >= 0.6 is 15.9 Å². The van der Waals surface area contributed by atoms with Crippen LogP contribution < -0.4 is 0 Å². The highest BCUT2D eigenvalue weighted by Gasteiger charge is 2.34. The number of fused-ring (bicyclic) bond motifs is 1. The molecule has 6 nitrogen and oxygen atoms in total. The van der Waals surface area contributed by atoms with Crippen molar-refractivity contribution in [1.29, 1.82) is 0 Å². The van der Waals surface area contributed by atoms with Crippen molar-refractivity contribution in [3.05, 3.63) is 64.0 Å². The first-order valence-electron chi connectivity index (χ1n) is 7.11. The third kappa shape index (κ3) is 3.30. The Labute approximate surface area is 145 Å². The second kappa shape index (κ2) is 6.84. The summed E-state index contributed by atoms with van der Waals surface area (Å²) in [5, 5.41) is 0. The molecule has 0 saturated carbocycles. The Bertz CT molecular complexity index is 804. The molecule has 7 heteroatoms. The number of furan rings is 1. The standard InChI is InChI=1S/C17H12BrNO5/c18-14-7-5-11(24-14)6-8-15(20)23-10-9-19-16(21)12-3-1-2-4-13(12)17(19)22/h1-8H,9-10H2. The second-order valence-corrected chi connectivity index (χ2v) is 5.73. The molecule has 0 unspecified atom stereocenters. The number of carbonyl (C=O) groups excluding carboxylic acids is 3. The number of amides is 2. The minimum absolute atomic E-state index is 0.0121. The zero-order chi connectivity index (χ0) is 17.1. The van der Waals surface area contributed by atoms with Gasteiger partial charge in [0.05, 0.1) is 17.7 Å². The number of halogens is 1. The molecule has 2 amide bonds. The van der Waals surface area contributed by atoms with E-state index in [-0.39, 0.29) is 25.0 Å². The maximum absolute atomic E-state index is 12.1. The van der Waals surface area contributed by atoms with Crippen LogP contribution in [-0.4, -0.2) is 35.8 Å². The molecule has 0 spiro atoms. The van der Waals surface area contributed by atoms with Crippen LogP contribution in [0.15, 0.2) is 51.6 Å². The number of ether oxygens (including phenoxy) is 1. The van der Waals surface area contributed by atoms with Crippen LogP contribution in [0.3, 0.4) is 0 Å². The van der Waals surface area contributed by atoms with Crippen molar-refractivity contribution in [3.8, 4) is 0 Å². The minimum Gasteiger partial charge on any atom is -0.461 e. The van der Waals surface area contributed by atoms with Crippen molar-refractivity contribution in [1.82, 2.24) is 4.90 Å². The van der Waals surface area contributed by atoms with Crippen LogP contribution in [0.25, 0.3) is 6.08 Å². The number of rotatable bonds is 5. The van der Waals surface area contributed by atoms with Crippen LogP contribution in [0.2, 0.25) is 0 Å². The van der Waals surface area contributed by atoms with Gasteiger partial charge in [-0.05, 0) is 46.3 Å². The smallest absolute Gasteiger partial charge is 0.330 e. The summed E-state index contributed by atoms with van der Waals surface area (Å²) in [6.07, 6.45) is 2.68. The molecule has 0 radical (unpaired) electrons. The maximum Gasteiger partial charge on any atom is 0.330 e. The van der Waals surface area contributed by atoms with Crippen LogP contribution in [0.1, 0.15) is 26.5 Å². The average molecular weight is 390 g/mol. The zero-order valence-corrected chi connectivity index (χ0v) is 14.0. The number of carbonyl (C=O) groups is 3. The summed E-state index contributed by atoms with van der Waals surface area (Å²) in [4.78, 5) is 37.0. The first-order valence-corrected chi connectivity index (χ1v) is 7.91. The molecule has 2 heterocycles. The molecule has 0 aliphatic carbocycles. The Morgan fingerprint density at radius 3 is 2.38 bits per heavy atom. The number of benzene rings is 1. The molecule has 1 aromatic heterocycles. The molecule has 1 aliphatic heterocycles. The number of hydrogen-bond donors (Lipinski definition) is 0.